The van der Waals surface area contributed by atoms with E-state index in [2.05, 4.69) is 5.32 Å². The van der Waals surface area contributed by atoms with E-state index in [0.29, 0.717) is 11.3 Å². The summed E-state index contributed by atoms with van der Waals surface area (Å²) >= 11 is 0. The van der Waals surface area contributed by atoms with E-state index in [-0.39, 0.29) is 12.3 Å². The SMILES string of the molecule is CCC(NC(=O)C(C)c1ccc(OC)cc1)(C(=O)O)c1ccccc1. The van der Waals surface area contributed by atoms with Gasteiger partial charge in [0.2, 0.25) is 5.91 Å². The number of aliphatic carboxylic acids is 1. The van der Waals surface area contributed by atoms with Crippen LogP contribution in [0.4, 0.5) is 0 Å². The van der Waals surface area contributed by atoms with Gasteiger partial charge in [-0.3, -0.25) is 4.79 Å². The third-order valence-electron chi connectivity index (χ3n) is 4.51. The van der Waals surface area contributed by atoms with Gasteiger partial charge in [0.15, 0.2) is 5.54 Å². The first-order chi connectivity index (χ1) is 11.9. The Morgan fingerprint density at radius 3 is 2.20 bits per heavy atom. The third kappa shape index (κ3) is 3.82. The molecule has 0 fully saturated rings. The number of carboxylic acid groups (broad SMARTS) is 1. The van der Waals surface area contributed by atoms with Gasteiger partial charge in [-0.1, -0.05) is 49.4 Å². The third-order valence-corrected chi connectivity index (χ3v) is 4.51. The number of carbonyl (C=O) groups is 2. The quantitative estimate of drug-likeness (QED) is 0.810. The van der Waals surface area contributed by atoms with Gasteiger partial charge in [-0.25, -0.2) is 4.79 Å². The summed E-state index contributed by atoms with van der Waals surface area (Å²) in [5, 5.41) is 12.6. The maximum Gasteiger partial charge on any atom is 0.334 e. The number of methoxy groups -OCH3 is 1. The van der Waals surface area contributed by atoms with Gasteiger partial charge in [-0.2, -0.15) is 0 Å². The number of hydrogen-bond donors (Lipinski definition) is 2. The summed E-state index contributed by atoms with van der Waals surface area (Å²) in [6.07, 6.45) is 0.243. The van der Waals surface area contributed by atoms with Crippen molar-refractivity contribution in [1.82, 2.24) is 5.32 Å². The van der Waals surface area contributed by atoms with Gasteiger partial charge in [0.1, 0.15) is 5.75 Å². The highest BCUT2D eigenvalue weighted by Crippen LogP contribution is 2.28. The number of rotatable bonds is 7. The summed E-state index contributed by atoms with van der Waals surface area (Å²) in [6, 6.07) is 15.9. The molecular formula is C20H23NO4. The Morgan fingerprint density at radius 1 is 1.12 bits per heavy atom. The number of hydrogen-bond acceptors (Lipinski definition) is 3. The molecule has 0 aromatic heterocycles. The summed E-state index contributed by atoms with van der Waals surface area (Å²) in [4.78, 5) is 24.7. The molecule has 2 aromatic carbocycles. The van der Waals surface area contributed by atoms with Crippen LogP contribution in [0, 0.1) is 0 Å². The summed E-state index contributed by atoms with van der Waals surface area (Å²) in [5.41, 5.74) is -0.0963. The Morgan fingerprint density at radius 2 is 1.72 bits per heavy atom. The van der Waals surface area contributed by atoms with Crippen LogP contribution in [0.15, 0.2) is 54.6 Å². The minimum atomic E-state index is -1.45. The van der Waals surface area contributed by atoms with Gasteiger partial charge in [0.05, 0.1) is 13.0 Å². The molecular weight excluding hydrogens is 318 g/mol. The Labute approximate surface area is 147 Å². The van der Waals surface area contributed by atoms with Crippen molar-refractivity contribution in [1.29, 1.82) is 0 Å². The highest BCUT2D eigenvalue weighted by atomic mass is 16.5. The molecule has 25 heavy (non-hydrogen) atoms. The van der Waals surface area contributed by atoms with E-state index in [4.69, 9.17) is 4.74 Å². The standard InChI is InChI=1S/C20H23NO4/c1-4-20(19(23)24,16-8-6-5-7-9-16)21-18(22)14(2)15-10-12-17(25-3)13-11-15/h5-14H,4H2,1-3H3,(H,21,22)(H,23,24). The molecule has 0 aliphatic carbocycles. The summed E-state index contributed by atoms with van der Waals surface area (Å²) in [6.45, 7) is 3.50. The smallest absolute Gasteiger partial charge is 0.334 e. The average molecular weight is 341 g/mol. The summed E-state index contributed by atoms with van der Waals surface area (Å²) < 4.78 is 5.12. The number of benzene rings is 2. The van der Waals surface area contributed by atoms with Crippen LogP contribution in [0.2, 0.25) is 0 Å². The zero-order chi connectivity index (χ0) is 18.4. The molecule has 0 aliphatic heterocycles. The lowest BCUT2D eigenvalue weighted by Crippen LogP contribution is -2.52. The minimum absolute atomic E-state index is 0.243. The van der Waals surface area contributed by atoms with E-state index in [1.165, 1.54) is 0 Å². The maximum absolute atomic E-state index is 12.7. The lowest BCUT2D eigenvalue weighted by atomic mass is 9.86. The Hall–Kier alpha value is -2.82. The number of carboxylic acids is 1. The fourth-order valence-corrected chi connectivity index (χ4v) is 2.78. The van der Waals surface area contributed by atoms with Gasteiger partial charge in [-0.15, -0.1) is 0 Å². The van der Waals surface area contributed by atoms with Crippen LogP contribution >= 0.6 is 0 Å². The van der Waals surface area contributed by atoms with Gasteiger partial charge in [0, 0.05) is 0 Å². The van der Waals surface area contributed by atoms with Crippen LogP contribution in [0.1, 0.15) is 37.3 Å². The van der Waals surface area contributed by atoms with Gasteiger partial charge >= 0.3 is 5.97 Å². The van der Waals surface area contributed by atoms with E-state index in [0.717, 1.165) is 5.56 Å². The Balaban J connectivity index is 2.28. The van der Waals surface area contributed by atoms with E-state index in [1.807, 2.05) is 6.07 Å². The Kier molecular flexibility index (Phi) is 5.80. The predicted octanol–water partition coefficient (Wildman–Crippen LogP) is 3.31. The van der Waals surface area contributed by atoms with Gasteiger partial charge in [-0.05, 0) is 36.6 Å². The van der Waals surface area contributed by atoms with Crippen LogP contribution in [0.5, 0.6) is 5.75 Å². The van der Waals surface area contributed by atoms with Crippen LogP contribution in [0.25, 0.3) is 0 Å². The average Bonchev–Trinajstić information content (AvgIpc) is 2.65. The second-order valence-electron chi connectivity index (χ2n) is 5.91. The van der Waals surface area contributed by atoms with Gasteiger partial charge < -0.3 is 15.2 Å². The topological polar surface area (TPSA) is 75.6 Å². The first kappa shape index (κ1) is 18.5. The molecule has 5 nitrogen and oxygen atoms in total. The molecule has 132 valence electrons. The fourth-order valence-electron chi connectivity index (χ4n) is 2.78. The maximum atomic E-state index is 12.7. The van der Waals surface area contributed by atoms with Crippen molar-refractivity contribution in [3.05, 3.63) is 65.7 Å². The largest absolute Gasteiger partial charge is 0.497 e. The molecule has 2 rings (SSSR count). The summed E-state index contributed by atoms with van der Waals surface area (Å²) in [7, 11) is 1.58. The number of ether oxygens (including phenoxy) is 1. The zero-order valence-corrected chi connectivity index (χ0v) is 14.7. The van der Waals surface area contributed by atoms with Crippen molar-refractivity contribution in [3.8, 4) is 5.75 Å². The summed E-state index contributed by atoms with van der Waals surface area (Å²) in [5.74, 6) is -1.19. The van der Waals surface area contributed by atoms with E-state index < -0.39 is 17.4 Å². The number of carbonyl (C=O) groups excluding carboxylic acids is 1. The normalized spacial score (nSPS) is 14.2. The molecule has 0 aliphatic rings. The molecule has 1 amide bonds. The molecule has 0 saturated heterocycles. The molecule has 2 aromatic rings. The molecule has 5 heteroatoms. The lowest BCUT2D eigenvalue weighted by Gasteiger charge is -2.31. The number of amides is 1. The van der Waals surface area contributed by atoms with Crippen molar-refractivity contribution in [2.75, 3.05) is 7.11 Å². The van der Waals surface area contributed by atoms with Crippen LogP contribution in [0.3, 0.4) is 0 Å². The van der Waals surface area contributed by atoms with E-state index in [9.17, 15) is 14.7 Å². The van der Waals surface area contributed by atoms with Crippen LogP contribution < -0.4 is 10.1 Å². The molecule has 0 bridgehead atoms. The van der Waals surface area contributed by atoms with Crippen LogP contribution in [-0.2, 0) is 15.1 Å². The Bertz CT molecular complexity index is 727. The first-order valence-electron chi connectivity index (χ1n) is 8.19. The van der Waals surface area contributed by atoms with E-state index >= 15 is 0 Å². The van der Waals surface area contributed by atoms with E-state index in [1.54, 1.807) is 69.5 Å². The highest BCUT2D eigenvalue weighted by molar-refractivity contribution is 5.91. The molecule has 0 heterocycles. The second kappa shape index (κ2) is 7.83. The van der Waals surface area contributed by atoms with Crippen molar-refractivity contribution in [3.63, 3.8) is 0 Å². The fraction of sp³-hybridized carbons (Fsp3) is 0.300. The first-order valence-corrected chi connectivity index (χ1v) is 8.19. The second-order valence-corrected chi connectivity index (χ2v) is 5.91. The molecule has 2 N–H and O–H groups in total. The number of nitrogens with one attached hydrogen (secondary N) is 1. The predicted molar refractivity (Wildman–Crippen MR) is 95.6 cm³/mol. The minimum Gasteiger partial charge on any atom is -0.497 e. The van der Waals surface area contributed by atoms with Crippen molar-refractivity contribution in [2.24, 2.45) is 0 Å². The lowest BCUT2D eigenvalue weighted by molar-refractivity contribution is -0.148. The van der Waals surface area contributed by atoms with Gasteiger partial charge in [0.25, 0.3) is 0 Å². The zero-order valence-electron chi connectivity index (χ0n) is 14.7. The molecule has 2 unspecified atom stereocenters. The van der Waals surface area contributed by atoms with Crippen LogP contribution in [-0.4, -0.2) is 24.1 Å². The monoisotopic (exact) mass is 341 g/mol. The molecule has 0 spiro atoms. The molecule has 0 saturated carbocycles. The van der Waals surface area contributed by atoms with Crippen molar-refractivity contribution < 1.29 is 19.4 Å². The molecule has 2 atom stereocenters. The molecule has 0 radical (unpaired) electrons. The highest BCUT2D eigenvalue weighted by Gasteiger charge is 2.41. The van der Waals surface area contributed by atoms with Crippen molar-refractivity contribution in [2.45, 2.75) is 31.7 Å². The van der Waals surface area contributed by atoms with Crippen molar-refractivity contribution >= 4 is 11.9 Å².